The average molecular weight is 277 g/mol. The summed E-state index contributed by atoms with van der Waals surface area (Å²) in [6.45, 7) is 4.42. The molecule has 1 atom stereocenters. The van der Waals surface area contributed by atoms with Gasteiger partial charge in [0.2, 0.25) is 11.9 Å². The van der Waals surface area contributed by atoms with E-state index in [4.69, 9.17) is 0 Å². The van der Waals surface area contributed by atoms with Crippen molar-refractivity contribution in [1.29, 1.82) is 0 Å². The summed E-state index contributed by atoms with van der Waals surface area (Å²) < 4.78 is 0. The number of carbonyl (C=O) groups is 1. The predicted octanol–water partition coefficient (Wildman–Crippen LogP) is 0.417. The largest absolute Gasteiger partial charge is 0.353 e. The van der Waals surface area contributed by atoms with E-state index in [9.17, 15) is 4.79 Å². The number of carbonyl (C=O) groups excluding carboxylic acids is 1. The van der Waals surface area contributed by atoms with Crippen LogP contribution in [0.1, 0.15) is 19.8 Å². The van der Waals surface area contributed by atoms with Crippen LogP contribution >= 0.6 is 0 Å². The molecule has 2 heterocycles. The fourth-order valence-electron chi connectivity index (χ4n) is 2.42. The van der Waals surface area contributed by atoms with Gasteiger partial charge in [-0.1, -0.05) is 6.92 Å². The van der Waals surface area contributed by atoms with Gasteiger partial charge >= 0.3 is 0 Å². The molecule has 0 spiro atoms. The van der Waals surface area contributed by atoms with E-state index < -0.39 is 0 Å². The fraction of sp³-hybridized carbons (Fsp3) is 0.643. The van der Waals surface area contributed by atoms with Crippen LogP contribution in [0.4, 0.5) is 5.95 Å². The van der Waals surface area contributed by atoms with Crippen molar-refractivity contribution < 1.29 is 4.79 Å². The maximum Gasteiger partial charge on any atom is 0.225 e. The van der Waals surface area contributed by atoms with Crippen molar-refractivity contribution in [2.45, 2.75) is 25.8 Å². The lowest BCUT2D eigenvalue weighted by atomic mass is 10.0. The molecule has 6 heteroatoms. The molecule has 1 aliphatic rings. The van der Waals surface area contributed by atoms with Crippen molar-refractivity contribution in [3.63, 3.8) is 0 Å². The Kier molecular flexibility index (Phi) is 5.29. The number of piperidine rings is 1. The second-order valence-electron chi connectivity index (χ2n) is 5.28. The standard InChI is InChI=1S/C14H23N5O/c1-11(10-15-2)13(20)18-12-4-8-19(9-5-12)14-16-6-3-7-17-14/h3,6-7,11-12,15H,4-5,8-10H2,1-2H3,(H,18,20). The van der Waals surface area contributed by atoms with Gasteiger partial charge in [0, 0.05) is 44.0 Å². The molecule has 1 aromatic heterocycles. The monoisotopic (exact) mass is 277 g/mol. The second-order valence-corrected chi connectivity index (χ2v) is 5.28. The van der Waals surface area contributed by atoms with Crippen LogP contribution in [-0.4, -0.2) is 48.6 Å². The van der Waals surface area contributed by atoms with Crippen molar-refractivity contribution in [2.75, 3.05) is 31.6 Å². The van der Waals surface area contributed by atoms with Gasteiger partial charge in [-0.05, 0) is 26.0 Å². The Hall–Kier alpha value is -1.69. The van der Waals surface area contributed by atoms with E-state index in [2.05, 4.69) is 25.5 Å². The van der Waals surface area contributed by atoms with Crippen molar-refractivity contribution in [3.05, 3.63) is 18.5 Å². The molecule has 2 rings (SSSR count). The van der Waals surface area contributed by atoms with Gasteiger partial charge in [0.15, 0.2) is 0 Å². The van der Waals surface area contributed by atoms with Crippen LogP contribution < -0.4 is 15.5 Å². The maximum absolute atomic E-state index is 12.0. The summed E-state index contributed by atoms with van der Waals surface area (Å²) in [7, 11) is 1.86. The van der Waals surface area contributed by atoms with Crippen LogP contribution in [0, 0.1) is 5.92 Å². The minimum absolute atomic E-state index is 0.00971. The fourth-order valence-corrected chi connectivity index (χ4v) is 2.42. The summed E-state index contributed by atoms with van der Waals surface area (Å²) in [5, 5.41) is 6.16. The number of amides is 1. The summed E-state index contributed by atoms with van der Waals surface area (Å²) in [5.41, 5.74) is 0. The van der Waals surface area contributed by atoms with Gasteiger partial charge in [0.05, 0.1) is 0 Å². The van der Waals surface area contributed by atoms with Crippen LogP contribution in [0.3, 0.4) is 0 Å². The Morgan fingerprint density at radius 1 is 1.40 bits per heavy atom. The minimum atomic E-state index is 0.00971. The zero-order chi connectivity index (χ0) is 14.4. The van der Waals surface area contributed by atoms with Gasteiger partial charge in [-0.15, -0.1) is 0 Å². The van der Waals surface area contributed by atoms with E-state index in [1.54, 1.807) is 12.4 Å². The molecule has 20 heavy (non-hydrogen) atoms. The zero-order valence-electron chi connectivity index (χ0n) is 12.2. The van der Waals surface area contributed by atoms with E-state index in [0.717, 1.165) is 31.9 Å². The van der Waals surface area contributed by atoms with Crippen LogP contribution in [0.25, 0.3) is 0 Å². The Bertz CT molecular complexity index is 417. The van der Waals surface area contributed by atoms with Crippen LogP contribution in [0.15, 0.2) is 18.5 Å². The number of hydrogen-bond acceptors (Lipinski definition) is 5. The molecule has 110 valence electrons. The van der Waals surface area contributed by atoms with Gasteiger partial charge in [0.1, 0.15) is 0 Å². The first-order valence-corrected chi connectivity index (χ1v) is 7.17. The minimum Gasteiger partial charge on any atom is -0.353 e. The summed E-state index contributed by atoms with van der Waals surface area (Å²) in [6, 6.07) is 2.08. The highest BCUT2D eigenvalue weighted by Gasteiger charge is 2.23. The molecule has 1 aliphatic heterocycles. The molecule has 0 bridgehead atoms. The number of hydrogen-bond donors (Lipinski definition) is 2. The molecule has 2 N–H and O–H groups in total. The number of anilines is 1. The van der Waals surface area contributed by atoms with Gasteiger partial charge in [-0.2, -0.15) is 0 Å². The lowest BCUT2D eigenvalue weighted by Gasteiger charge is -2.32. The number of nitrogens with one attached hydrogen (secondary N) is 2. The van der Waals surface area contributed by atoms with Crippen LogP contribution in [-0.2, 0) is 4.79 Å². The summed E-state index contributed by atoms with van der Waals surface area (Å²) in [5.74, 6) is 0.921. The highest BCUT2D eigenvalue weighted by atomic mass is 16.1. The van der Waals surface area contributed by atoms with Crippen LogP contribution in [0.2, 0.25) is 0 Å². The third-order valence-corrected chi connectivity index (χ3v) is 3.63. The van der Waals surface area contributed by atoms with Crippen molar-refractivity contribution >= 4 is 11.9 Å². The average Bonchev–Trinajstić information content (AvgIpc) is 2.49. The highest BCUT2D eigenvalue weighted by Crippen LogP contribution is 2.15. The topological polar surface area (TPSA) is 70.2 Å². The molecule has 1 aromatic rings. The Morgan fingerprint density at radius 3 is 2.65 bits per heavy atom. The molecule has 1 amide bonds. The second kappa shape index (κ2) is 7.19. The Labute approximate surface area is 120 Å². The van der Waals surface area contributed by atoms with Gasteiger partial charge in [-0.25, -0.2) is 9.97 Å². The molecule has 6 nitrogen and oxygen atoms in total. The highest BCUT2D eigenvalue weighted by molar-refractivity contribution is 5.78. The van der Waals surface area contributed by atoms with Gasteiger partial charge in [-0.3, -0.25) is 4.79 Å². The molecule has 1 unspecified atom stereocenters. The molecular formula is C14H23N5O. The van der Waals surface area contributed by atoms with E-state index >= 15 is 0 Å². The summed E-state index contributed by atoms with van der Waals surface area (Å²) in [6.07, 6.45) is 5.40. The first-order chi connectivity index (χ1) is 9.70. The first-order valence-electron chi connectivity index (χ1n) is 7.17. The molecule has 1 fully saturated rings. The van der Waals surface area contributed by atoms with Gasteiger partial charge < -0.3 is 15.5 Å². The van der Waals surface area contributed by atoms with E-state index in [1.165, 1.54) is 0 Å². The summed E-state index contributed by atoms with van der Waals surface area (Å²) >= 11 is 0. The lowest BCUT2D eigenvalue weighted by Crippen LogP contribution is -2.47. The van der Waals surface area contributed by atoms with Crippen molar-refractivity contribution in [1.82, 2.24) is 20.6 Å². The summed E-state index contributed by atoms with van der Waals surface area (Å²) in [4.78, 5) is 22.6. The van der Waals surface area contributed by atoms with Crippen molar-refractivity contribution in [3.8, 4) is 0 Å². The first kappa shape index (κ1) is 14.7. The van der Waals surface area contributed by atoms with E-state index in [-0.39, 0.29) is 17.9 Å². The predicted molar refractivity (Wildman–Crippen MR) is 78.5 cm³/mol. The van der Waals surface area contributed by atoms with Crippen molar-refractivity contribution in [2.24, 2.45) is 5.92 Å². The Balaban J connectivity index is 1.78. The SMILES string of the molecule is CNCC(C)C(=O)NC1CCN(c2ncccn2)CC1. The van der Waals surface area contributed by atoms with Gasteiger partial charge in [0.25, 0.3) is 0 Å². The van der Waals surface area contributed by atoms with E-state index in [1.807, 2.05) is 20.0 Å². The smallest absolute Gasteiger partial charge is 0.225 e. The molecular weight excluding hydrogens is 254 g/mol. The number of rotatable bonds is 5. The normalized spacial score (nSPS) is 17.8. The molecule has 0 aliphatic carbocycles. The number of aromatic nitrogens is 2. The molecule has 1 saturated heterocycles. The third-order valence-electron chi connectivity index (χ3n) is 3.63. The molecule has 0 saturated carbocycles. The quantitative estimate of drug-likeness (QED) is 0.816. The molecule has 0 radical (unpaired) electrons. The maximum atomic E-state index is 12.0. The third kappa shape index (κ3) is 3.90. The Morgan fingerprint density at radius 2 is 2.05 bits per heavy atom. The lowest BCUT2D eigenvalue weighted by molar-refractivity contribution is -0.125. The van der Waals surface area contributed by atoms with Crippen LogP contribution in [0.5, 0.6) is 0 Å². The zero-order valence-corrected chi connectivity index (χ0v) is 12.2. The van der Waals surface area contributed by atoms with E-state index in [0.29, 0.717) is 6.54 Å². The number of nitrogens with zero attached hydrogens (tertiary/aromatic N) is 3. The molecule has 0 aromatic carbocycles.